The van der Waals surface area contributed by atoms with Gasteiger partial charge < -0.3 is 10.1 Å². The Morgan fingerprint density at radius 1 is 1.14 bits per heavy atom. The highest BCUT2D eigenvalue weighted by atomic mass is 16.5. The Labute approximate surface area is 126 Å². The van der Waals surface area contributed by atoms with Crippen LogP contribution in [0.4, 0.5) is 0 Å². The van der Waals surface area contributed by atoms with Crippen LogP contribution in [0, 0.1) is 6.92 Å². The number of benzene rings is 1. The van der Waals surface area contributed by atoms with Crippen molar-refractivity contribution in [2.24, 2.45) is 0 Å². The Hall–Kier alpha value is -1.87. The second-order valence-electron chi connectivity index (χ2n) is 5.65. The first-order valence-corrected chi connectivity index (χ1v) is 7.71. The minimum atomic E-state index is 0.742. The zero-order valence-electron chi connectivity index (χ0n) is 12.7. The summed E-state index contributed by atoms with van der Waals surface area (Å²) in [6.45, 7) is 5.04. The van der Waals surface area contributed by atoms with Gasteiger partial charge in [-0.3, -0.25) is 4.98 Å². The number of aryl methyl sites for hydroxylation is 2. The number of hydrogen-bond acceptors (Lipinski definition) is 3. The largest absolute Gasteiger partial charge is 0.455 e. The zero-order chi connectivity index (χ0) is 14.7. The zero-order valence-corrected chi connectivity index (χ0v) is 12.7. The summed E-state index contributed by atoms with van der Waals surface area (Å²) >= 11 is 0. The molecule has 0 bridgehead atoms. The molecule has 1 aromatic heterocycles. The maximum Gasteiger partial charge on any atom is 0.148 e. The Kier molecular flexibility index (Phi) is 4.20. The van der Waals surface area contributed by atoms with Crippen LogP contribution < -0.4 is 10.1 Å². The van der Waals surface area contributed by atoms with Crippen LogP contribution in [0.5, 0.6) is 11.5 Å². The van der Waals surface area contributed by atoms with Crippen LogP contribution in [0.2, 0.25) is 0 Å². The average molecular weight is 282 g/mol. The molecule has 0 radical (unpaired) electrons. The van der Waals surface area contributed by atoms with Crippen LogP contribution in [0.3, 0.4) is 0 Å². The van der Waals surface area contributed by atoms with E-state index < -0.39 is 0 Å². The van der Waals surface area contributed by atoms with Crippen molar-refractivity contribution in [2.45, 2.75) is 45.7 Å². The molecule has 0 saturated heterocycles. The van der Waals surface area contributed by atoms with Gasteiger partial charge in [-0.25, -0.2) is 0 Å². The highest BCUT2D eigenvalue weighted by Crippen LogP contribution is 2.25. The van der Waals surface area contributed by atoms with Gasteiger partial charge in [0.2, 0.25) is 0 Å². The summed E-state index contributed by atoms with van der Waals surface area (Å²) in [5.74, 6) is 1.72. The highest BCUT2D eigenvalue weighted by Gasteiger charge is 2.19. The third-order valence-corrected chi connectivity index (χ3v) is 3.73. The van der Waals surface area contributed by atoms with Crippen LogP contribution in [0.15, 0.2) is 36.4 Å². The molecule has 1 N–H and O–H groups in total. The minimum absolute atomic E-state index is 0.742. The smallest absolute Gasteiger partial charge is 0.148 e. The number of nitrogens with one attached hydrogen (secondary N) is 1. The molecule has 1 aliphatic carbocycles. The van der Waals surface area contributed by atoms with Crippen LogP contribution >= 0.6 is 0 Å². The third-order valence-electron chi connectivity index (χ3n) is 3.73. The van der Waals surface area contributed by atoms with E-state index in [1.165, 1.54) is 18.4 Å². The first-order valence-electron chi connectivity index (χ1n) is 7.71. The van der Waals surface area contributed by atoms with Gasteiger partial charge in [0.1, 0.15) is 11.5 Å². The molecule has 1 aromatic carbocycles. The molecule has 1 saturated carbocycles. The van der Waals surface area contributed by atoms with Gasteiger partial charge in [-0.05, 0) is 56.0 Å². The molecule has 1 heterocycles. The van der Waals surface area contributed by atoms with E-state index in [0.29, 0.717) is 0 Å². The second kappa shape index (κ2) is 6.27. The van der Waals surface area contributed by atoms with Crippen LogP contribution in [0.1, 0.15) is 36.7 Å². The topological polar surface area (TPSA) is 34.1 Å². The van der Waals surface area contributed by atoms with Gasteiger partial charge in [-0.1, -0.05) is 19.1 Å². The monoisotopic (exact) mass is 282 g/mol. The SMILES string of the molecule is CCc1nc(C)ccc1Oc1ccc(CNC2CC2)cc1. The lowest BCUT2D eigenvalue weighted by Gasteiger charge is -2.11. The van der Waals surface area contributed by atoms with E-state index in [2.05, 4.69) is 29.4 Å². The summed E-state index contributed by atoms with van der Waals surface area (Å²) in [5.41, 5.74) is 3.34. The summed E-state index contributed by atoms with van der Waals surface area (Å²) in [6, 6.07) is 13.0. The second-order valence-corrected chi connectivity index (χ2v) is 5.65. The third kappa shape index (κ3) is 3.82. The Morgan fingerprint density at radius 2 is 1.90 bits per heavy atom. The molecule has 3 rings (SSSR count). The van der Waals surface area contributed by atoms with E-state index in [-0.39, 0.29) is 0 Å². The molecule has 0 aliphatic heterocycles. The summed E-state index contributed by atoms with van der Waals surface area (Å²) in [6.07, 6.45) is 3.52. The number of ether oxygens (including phenoxy) is 1. The summed E-state index contributed by atoms with van der Waals surface area (Å²) in [4.78, 5) is 4.53. The van der Waals surface area contributed by atoms with E-state index in [1.54, 1.807) is 0 Å². The number of aromatic nitrogens is 1. The van der Waals surface area contributed by atoms with Crippen LogP contribution in [-0.4, -0.2) is 11.0 Å². The average Bonchev–Trinajstić information content (AvgIpc) is 3.32. The first kappa shape index (κ1) is 14.1. The quantitative estimate of drug-likeness (QED) is 0.869. The lowest BCUT2D eigenvalue weighted by atomic mass is 10.2. The van der Waals surface area contributed by atoms with Gasteiger partial charge in [-0.2, -0.15) is 0 Å². The summed E-state index contributed by atoms with van der Waals surface area (Å²) in [7, 11) is 0. The van der Waals surface area contributed by atoms with Gasteiger partial charge in [0.15, 0.2) is 0 Å². The first-order chi connectivity index (χ1) is 10.2. The molecular weight excluding hydrogens is 260 g/mol. The fraction of sp³-hybridized carbons (Fsp3) is 0.389. The van der Waals surface area contributed by atoms with Crippen LogP contribution in [0.25, 0.3) is 0 Å². The molecule has 0 amide bonds. The number of rotatable bonds is 6. The fourth-order valence-corrected chi connectivity index (χ4v) is 2.30. The van der Waals surface area contributed by atoms with E-state index in [4.69, 9.17) is 4.74 Å². The van der Waals surface area contributed by atoms with Crippen LogP contribution in [-0.2, 0) is 13.0 Å². The molecule has 2 aromatic rings. The molecule has 1 fully saturated rings. The molecule has 0 unspecified atom stereocenters. The van der Waals surface area contributed by atoms with Crippen molar-refractivity contribution < 1.29 is 4.74 Å². The lowest BCUT2D eigenvalue weighted by molar-refractivity contribution is 0.472. The predicted molar refractivity (Wildman–Crippen MR) is 84.7 cm³/mol. The molecule has 3 heteroatoms. The van der Waals surface area contributed by atoms with E-state index >= 15 is 0 Å². The number of nitrogens with zero attached hydrogens (tertiary/aromatic N) is 1. The van der Waals surface area contributed by atoms with Gasteiger partial charge in [0, 0.05) is 18.3 Å². The van der Waals surface area contributed by atoms with E-state index in [9.17, 15) is 0 Å². The van der Waals surface area contributed by atoms with E-state index in [0.717, 1.165) is 41.9 Å². The predicted octanol–water partition coefficient (Wildman–Crippen LogP) is 4.00. The highest BCUT2D eigenvalue weighted by molar-refractivity contribution is 5.36. The van der Waals surface area contributed by atoms with Gasteiger partial charge in [-0.15, -0.1) is 0 Å². The normalized spacial score (nSPS) is 14.2. The fourth-order valence-electron chi connectivity index (χ4n) is 2.30. The van der Waals surface area contributed by atoms with E-state index in [1.807, 2.05) is 31.2 Å². The van der Waals surface area contributed by atoms with Gasteiger partial charge in [0.25, 0.3) is 0 Å². The van der Waals surface area contributed by atoms with Gasteiger partial charge >= 0.3 is 0 Å². The van der Waals surface area contributed by atoms with Crippen molar-refractivity contribution in [1.29, 1.82) is 0 Å². The lowest BCUT2D eigenvalue weighted by Crippen LogP contribution is -2.14. The molecule has 1 aliphatic rings. The Morgan fingerprint density at radius 3 is 2.57 bits per heavy atom. The van der Waals surface area contributed by atoms with Crippen molar-refractivity contribution in [3.8, 4) is 11.5 Å². The molecular formula is C18H22N2O. The Balaban J connectivity index is 1.66. The summed E-state index contributed by atoms with van der Waals surface area (Å²) in [5, 5.41) is 3.52. The maximum absolute atomic E-state index is 5.97. The molecule has 0 spiro atoms. The molecule has 110 valence electrons. The summed E-state index contributed by atoms with van der Waals surface area (Å²) < 4.78 is 5.97. The van der Waals surface area contributed by atoms with Crippen molar-refractivity contribution in [1.82, 2.24) is 10.3 Å². The Bertz CT molecular complexity index is 603. The number of pyridine rings is 1. The maximum atomic E-state index is 5.97. The molecule has 21 heavy (non-hydrogen) atoms. The minimum Gasteiger partial charge on any atom is -0.455 e. The van der Waals surface area contributed by atoms with Crippen molar-refractivity contribution >= 4 is 0 Å². The van der Waals surface area contributed by atoms with Crippen molar-refractivity contribution in [2.75, 3.05) is 0 Å². The standard InChI is InChI=1S/C18H22N2O/c1-3-17-18(11-4-13(2)20-17)21-16-9-5-14(6-10-16)12-19-15-7-8-15/h4-6,9-11,15,19H,3,7-8,12H2,1-2H3. The van der Waals surface area contributed by atoms with Crippen molar-refractivity contribution in [3.05, 3.63) is 53.3 Å². The van der Waals surface area contributed by atoms with Crippen molar-refractivity contribution in [3.63, 3.8) is 0 Å². The molecule has 3 nitrogen and oxygen atoms in total. The molecule has 0 atom stereocenters. The van der Waals surface area contributed by atoms with Gasteiger partial charge in [0.05, 0.1) is 5.69 Å². The number of hydrogen-bond donors (Lipinski definition) is 1.